The van der Waals surface area contributed by atoms with Crippen LogP contribution < -0.4 is 10.6 Å². The lowest BCUT2D eigenvalue weighted by Gasteiger charge is -2.31. The maximum Gasteiger partial charge on any atom is 0.226 e. The molecule has 0 aromatic carbocycles. The standard InChI is InChI=1S/C9H16N2O2/c1-9(2-3-13-6-9)11-8(12)7-4-10-5-7/h7,10H,2-6H2,1H3,(H,11,12). The number of amides is 1. The van der Waals surface area contributed by atoms with Crippen molar-refractivity contribution in [2.75, 3.05) is 26.3 Å². The van der Waals surface area contributed by atoms with Crippen LogP contribution in [0.15, 0.2) is 0 Å². The Bertz CT molecular complexity index is 208. The van der Waals surface area contributed by atoms with Crippen LogP contribution in [-0.2, 0) is 9.53 Å². The molecule has 0 radical (unpaired) electrons. The van der Waals surface area contributed by atoms with Gasteiger partial charge < -0.3 is 15.4 Å². The van der Waals surface area contributed by atoms with E-state index < -0.39 is 0 Å². The highest BCUT2D eigenvalue weighted by Crippen LogP contribution is 2.18. The molecule has 0 aromatic heterocycles. The summed E-state index contributed by atoms with van der Waals surface area (Å²) in [5.74, 6) is 0.351. The Kier molecular flexibility index (Phi) is 2.26. The number of carbonyl (C=O) groups excluding carboxylic acids is 1. The second-order valence-electron chi connectivity index (χ2n) is 4.21. The van der Waals surface area contributed by atoms with Crippen LogP contribution in [0, 0.1) is 5.92 Å². The summed E-state index contributed by atoms with van der Waals surface area (Å²) in [5, 5.41) is 6.14. The van der Waals surface area contributed by atoms with E-state index in [1.165, 1.54) is 0 Å². The number of hydrogen-bond donors (Lipinski definition) is 2. The summed E-state index contributed by atoms with van der Waals surface area (Å²) in [5.41, 5.74) is -0.118. The van der Waals surface area contributed by atoms with Crippen molar-refractivity contribution in [1.29, 1.82) is 0 Å². The zero-order valence-corrected chi connectivity index (χ0v) is 7.93. The van der Waals surface area contributed by atoms with Gasteiger partial charge in [0.15, 0.2) is 0 Å². The van der Waals surface area contributed by atoms with E-state index in [1.54, 1.807) is 0 Å². The minimum Gasteiger partial charge on any atom is -0.379 e. The van der Waals surface area contributed by atoms with Gasteiger partial charge in [-0.15, -0.1) is 0 Å². The molecule has 13 heavy (non-hydrogen) atoms. The molecule has 0 spiro atoms. The first-order chi connectivity index (χ1) is 6.20. The van der Waals surface area contributed by atoms with E-state index >= 15 is 0 Å². The fourth-order valence-electron chi connectivity index (χ4n) is 1.64. The predicted molar refractivity (Wildman–Crippen MR) is 48.3 cm³/mol. The van der Waals surface area contributed by atoms with Gasteiger partial charge >= 0.3 is 0 Å². The molecule has 1 atom stereocenters. The molecule has 4 heteroatoms. The van der Waals surface area contributed by atoms with E-state index in [0.717, 1.165) is 26.1 Å². The van der Waals surface area contributed by atoms with Gasteiger partial charge in [-0.3, -0.25) is 4.79 Å². The highest BCUT2D eigenvalue weighted by Gasteiger charge is 2.34. The summed E-state index contributed by atoms with van der Waals surface area (Å²) in [4.78, 5) is 11.6. The van der Waals surface area contributed by atoms with E-state index in [1.807, 2.05) is 6.92 Å². The van der Waals surface area contributed by atoms with Crippen molar-refractivity contribution in [1.82, 2.24) is 10.6 Å². The molecule has 74 valence electrons. The SMILES string of the molecule is CC1(NC(=O)C2CNC2)CCOC1. The highest BCUT2D eigenvalue weighted by molar-refractivity contribution is 5.80. The minimum absolute atomic E-state index is 0.118. The third-order valence-electron chi connectivity index (χ3n) is 2.80. The van der Waals surface area contributed by atoms with Gasteiger partial charge in [0.25, 0.3) is 0 Å². The van der Waals surface area contributed by atoms with Crippen molar-refractivity contribution in [2.45, 2.75) is 18.9 Å². The van der Waals surface area contributed by atoms with E-state index in [-0.39, 0.29) is 17.4 Å². The van der Waals surface area contributed by atoms with E-state index in [2.05, 4.69) is 10.6 Å². The highest BCUT2D eigenvalue weighted by atomic mass is 16.5. The van der Waals surface area contributed by atoms with Gasteiger partial charge in [0.1, 0.15) is 0 Å². The Labute approximate surface area is 78.0 Å². The van der Waals surface area contributed by atoms with Crippen LogP contribution in [0.25, 0.3) is 0 Å². The van der Waals surface area contributed by atoms with E-state index in [0.29, 0.717) is 6.61 Å². The van der Waals surface area contributed by atoms with Crippen LogP contribution in [0.1, 0.15) is 13.3 Å². The maximum absolute atomic E-state index is 11.6. The summed E-state index contributed by atoms with van der Waals surface area (Å²) in [7, 11) is 0. The van der Waals surface area contributed by atoms with Crippen molar-refractivity contribution >= 4 is 5.91 Å². The number of rotatable bonds is 2. The molecule has 4 nitrogen and oxygen atoms in total. The Hall–Kier alpha value is -0.610. The molecule has 2 aliphatic heterocycles. The van der Waals surface area contributed by atoms with Crippen LogP contribution in [0.2, 0.25) is 0 Å². The second kappa shape index (κ2) is 3.27. The first-order valence-electron chi connectivity index (χ1n) is 4.80. The lowest BCUT2D eigenvalue weighted by molar-refractivity contribution is -0.128. The fourth-order valence-corrected chi connectivity index (χ4v) is 1.64. The lowest BCUT2D eigenvalue weighted by Crippen LogP contribution is -2.56. The molecule has 0 bridgehead atoms. The van der Waals surface area contributed by atoms with Crippen molar-refractivity contribution in [2.24, 2.45) is 5.92 Å². The Balaban J connectivity index is 1.85. The average molecular weight is 184 g/mol. The molecule has 2 fully saturated rings. The first kappa shape index (κ1) is 8.97. The molecule has 2 aliphatic rings. The lowest BCUT2D eigenvalue weighted by atomic mass is 9.97. The monoisotopic (exact) mass is 184 g/mol. The Morgan fingerprint density at radius 2 is 2.38 bits per heavy atom. The van der Waals surface area contributed by atoms with Crippen molar-refractivity contribution in [3.05, 3.63) is 0 Å². The molecule has 1 amide bonds. The maximum atomic E-state index is 11.6. The zero-order chi connectivity index (χ0) is 9.31. The molecular formula is C9H16N2O2. The molecule has 2 saturated heterocycles. The molecule has 2 N–H and O–H groups in total. The van der Waals surface area contributed by atoms with Crippen LogP contribution in [0.3, 0.4) is 0 Å². The summed E-state index contributed by atoms with van der Waals surface area (Å²) >= 11 is 0. The quantitative estimate of drug-likeness (QED) is 0.608. The Morgan fingerprint density at radius 1 is 1.62 bits per heavy atom. The third-order valence-corrected chi connectivity index (χ3v) is 2.80. The third kappa shape index (κ3) is 1.84. The fraction of sp³-hybridized carbons (Fsp3) is 0.889. The van der Waals surface area contributed by atoms with Gasteiger partial charge in [0, 0.05) is 19.7 Å². The zero-order valence-electron chi connectivity index (χ0n) is 7.93. The van der Waals surface area contributed by atoms with Crippen LogP contribution in [-0.4, -0.2) is 37.7 Å². The minimum atomic E-state index is -0.118. The van der Waals surface area contributed by atoms with E-state index in [9.17, 15) is 4.79 Å². The number of nitrogens with one attached hydrogen (secondary N) is 2. The van der Waals surface area contributed by atoms with E-state index in [4.69, 9.17) is 4.74 Å². The van der Waals surface area contributed by atoms with Crippen LogP contribution in [0.4, 0.5) is 0 Å². The van der Waals surface area contributed by atoms with Gasteiger partial charge in [-0.05, 0) is 13.3 Å². The topological polar surface area (TPSA) is 50.4 Å². The Morgan fingerprint density at radius 3 is 2.85 bits per heavy atom. The summed E-state index contributed by atoms with van der Waals surface area (Å²) in [6.07, 6.45) is 0.929. The van der Waals surface area contributed by atoms with Crippen molar-refractivity contribution in [3.63, 3.8) is 0 Å². The molecule has 1 unspecified atom stereocenters. The van der Waals surface area contributed by atoms with Gasteiger partial charge in [-0.2, -0.15) is 0 Å². The predicted octanol–water partition coefficient (Wildman–Crippen LogP) is -0.499. The second-order valence-corrected chi connectivity index (χ2v) is 4.21. The van der Waals surface area contributed by atoms with Gasteiger partial charge in [0.2, 0.25) is 5.91 Å². The first-order valence-corrected chi connectivity index (χ1v) is 4.80. The van der Waals surface area contributed by atoms with Crippen molar-refractivity contribution in [3.8, 4) is 0 Å². The summed E-state index contributed by atoms with van der Waals surface area (Å²) in [6.45, 7) is 5.11. The number of ether oxygens (including phenoxy) is 1. The smallest absolute Gasteiger partial charge is 0.226 e. The molecule has 0 aliphatic carbocycles. The average Bonchev–Trinajstić information content (AvgIpc) is 2.31. The molecular weight excluding hydrogens is 168 g/mol. The van der Waals surface area contributed by atoms with Crippen molar-refractivity contribution < 1.29 is 9.53 Å². The molecule has 0 aromatic rings. The normalized spacial score (nSPS) is 34.2. The summed E-state index contributed by atoms with van der Waals surface area (Å²) in [6, 6.07) is 0. The van der Waals surface area contributed by atoms with Crippen LogP contribution in [0.5, 0.6) is 0 Å². The number of carbonyl (C=O) groups is 1. The number of hydrogen-bond acceptors (Lipinski definition) is 3. The largest absolute Gasteiger partial charge is 0.379 e. The van der Waals surface area contributed by atoms with Gasteiger partial charge in [-0.25, -0.2) is 0 Å². The molecule has 0 saturated carbocycles. The van der Waals surface area contributed by atoms with Gasteiger partial charge in [0.05, 0.1) is 18.1 Å². The van der Waals surface area contributed by atoms with Crippen LogP contribution >= 0.6 is 0 Å². The van der Waals surface area contributed by atoms with Gasteiger partial charge in [-0.1, -0.05) is 0 Å². The molecule has 2 heterocycles. The molecule has 2 rings (SSSR count). The summed E-state index contributed by atoms with van der Waals surface area (Å²) < 4.78 is 5.26.